The lowest BCUT2D eigenvalue weighted by Gasteiger charge is -2.06. The van der Waals surface area contributed by atoms with E-state index in [0.717, 1.165) is 38.5 Å². The minimum atomic E-state index is 0.833. The Morgan fingerprint density at radius 1 is 1.11 bits per heavy atom. The number of nitrogens with one attached hydrogen (secondary N) is 1. The maximum absolute atomic E-state index is 5.31. The number of ether oxygens (including phenoxy) is 1. The van der Waals surface area contributed by atoms with Crippen molar-refractivity contribution >= 4 is 11.8 Å². The van der Waals surface area contributed by atoms with Crippen LogP contribution >= 0.6 is 11.8 Å². The molecule has 1 aromatic carbocycles. The van der Waals surface area contributed by atoms with E-state index in [0.29, 0.717) is 0 Å². The first-order valence-electron chi connectivity index (χ1n) is 7.22. The Kier molecular flexibility index (Phi) is 8.97. The molecule has 0 unspecified atom stereocenters. The quantitative estimate of drug-likeness (QED) is 0.520. The molecule has 0 saturated carbocycles. The largest absolute Gasteiger partial charge is 0.382 e. The topological polar surface area (TPSA) is 21.3 Å². The highest BCUT2D eigenvalue weighted by Crippen LogP contribution is 2.20. The molecule has 0 heterocycles. The van der Waals surface area contributed by atoms with Gasteiger partial charge in [-0.25, -0.2) is 0 Å². The van der Waals surface area contributed by atoms with Gasteiger partial charge in [0.15, 0.2) is 0 Å². The van der Waals surface area contributed by atoms with Gasteiger partial charge in [0.25, 0.3) is 0 Å². The summed E-state index contributed by atoms with van der Waals surface area (Å²) >= 11 is 1.93. The molecule has 0 spiro atoms. The van der Waals surface area contributed by atoms with E-state index in [1.807, 2.05) is 18.7 Å². The molecule has 3 heteroatoms. The van der Waals surface area contributed by atoms with E-state index in [4.69, 9.17) is 4.74 Å². The molecule has 1 aromatic rings. The van der Waals surface area contributed by atoms with Gasteiger partial charge in [-0.05, 0) is 63.4 Å². The molecular formula is C16H27NOS. The van der Waals surface area contributed by atoms with Crippen LogP contribution in [0.1, 0.15) is 30.9 Å². The average molecular weight is 281 g/mol. The summed E-state index contributed by atoms with van der Waals surface area (Å²) < 4.78 is 5.31. The van der Waals surface area contributed by atoms with Crippen molar-refractivity contribution < 1.29 is 4.74 Å². The Balaban J connectivity index is 2.00. The molecule has 1 rings (SSSR count). The van der Waals surface area contributed by atoms with Gasteiger partial charge < -0.3 is 10.1 Å². The highest BCUT2D eigenvalue weighted by Gasteiger charge is 1.97. The molecule has 0 amide bonds. The Morgan fingerprint density at radius 2 is 1.95 bits per heavy atom. The highest BCUT2D eigenvalue weighted by molar-refractivity contribution is 7.99. The van der Waals surface area contributed by atoms with Crippen LogP contribution in [0.15, 0.2) is 23.1 Å². The SMILES string of the molecule is CCOCCCCNCCSc1ccc(C)c(C)c1. The maximum atomic E-state index is 5.31. The van der Waals surface area contributed by atoms with Crippen LogP contribution in [0.4, 0.5) is 0 Å². The molecule has 0 fully saturated rings. The predicted molar refractivity (Wildman–Crippen MR) is 85.2 cm³/mol. The number of hydrogen-bond donors (Lipinski definition) is 1. The van der Waals surface area contributed by atoms with Crippen molar-refractivity contribution in [2.24, 2.45) is 0 Å². The first kappa shape index (κ1) is 16.5. The molecule has 19 heavy (non-hydrogen) atoms. The third-order valence-electron chi connectivity index (χ3n) is 3.12. The molecule has 2 nitrogen and oxygen atoms in total. The Morgan fingerprint density at radius 3 is 2.68 bits per heavy atom. The van der Waals surface area contributed by atoms with Gasteiger partial charge in [0, 0.05) is 30.4 Å². The lowest BCUT2D eigenvalue weighted by Crippen LogP contribution is -2.18. The van der Waals surface area contributed by atoms with Gasteiger partial charge in [-0.1, -0.05) is 6.07 Å². The van der Waals surface area contributed by atoms with E-state index >= 15 is 0 Å². The lowest BCUT2D eigenvalue weighted by atomic mass is 10.1. The molecular weight excluding hydrogens is 254 g/mol. The van der Waals surface area contributed by atoms with Gasteiger partial charge in [0.05, 0.1) is 0 Å². The average Bonchev–Trinajstić information content (AvgIpc) is 2.41. The van der Waals surface area contributed by atoms with Crippen molar-refractivity contribution in [1.29, 1.82) is 0 Å². The zero-order chi connectivity index (χ0) is 13.9. The van der Waals surface area contributed by atoms with Crippen LogP contribution in [-0.2, 0) is 4.74 Å². The molecule has 0 radical (unpaired) electrons. The molecule has 0 aromatic heterocycles. The molecule has 0 bridgehead atoms. The smallest absolute Gasteiger partial charge is 0.0466 e. The number of benzene rings is 1. The zero-order valence-corrected chi connectivity index (χ0v) is 13.3. The fourth-order valence-corrected chi connectivity index (χ4v) is 2.67. The third-order valence-corrected chi connectivity index (χ3v) is 4.12. The minimum Gasteiger partial charge on any atom is -0.382 e. The van der Waals surface area contributed by atoms with Crippen molar-refractivity contribution in [3.05, 3.63) is 29.3 Å². The second-order valence-electron chi connectivity index (χ2n) is 4.75. The number of rotatable bonds is 10. The molecule has 0 atom stereocenters. The molecule has 0 saturated heterocycles. The van der Waals surface area contributed by atoms with Crippen molar-refractivity contribution in [2.45, 2.75) is 38.5 Å². The summed E-state index contributed by atoms with van der Waals surface area (Å²) in [6, 6.07) is 6.70. The van der Waals surface area contributed by atoms with Gasteiger partial charge in [-0.15, -0.1) is 11.8 Å². The Labute approximate surface area is 122 Å². The number of thioether (sulfide) groups is 1. The van der Waals surface area contributed by atoms with Gasteiger partial charge in [-0.3, -0.25) is 0 Å². The highest BCUT2D eigenvalue weighted by atomic mass is 32.2. The molecule has 108 valence electrons. The number of unbranched alkanes of at least 4 members (excludes halogenated alkanes) is 1. The van der Waals surface area contributed by atoms with E-state index in [1.54, 1.807) is 0 Å². The fraction of sp³-hybridized carbons (Fsp3) is 0.625. The van der Waals surface area contributed by atoms with Crippen LogP contribution < -0.4 is 5.32 Å². The van der Waals surface area contributed by atoms with E-state index < -0.39 is 0 Å². The fourth-order valence-electron chi connectivity index (χ4n) is 1.77. The van der Waals surface area contributed by atoms with Crippen molar-refractivity contribution in [3.8, 4) is 0 Å². The summed E-state index contributed by atoms with van der Waals surface area (Å²) in [5.41, 5.74) is 2.76. The van der Waals surface area contributed by atoms with Crippen LogP contribution in [-0.4, -0.2) is 32.1 Å². The van der Waals surface area contributed by atoms with Gasteiger partial charge >= 0.3 is 0 Å². The Hall–Kier alpha value is -0.510. The summed E-state index contributed by atoms with van der Waals surface area (Å²) in [5, 5.41) is 3.48. The second-order valence-corrected chi connectivity index (χ2v) is 5.92. The van der Waals surface area contributed by atoms with E-state index in [9.17, 15) is 0 Å². The van der Waals surface area contributed by atoms with E-state index in [-0.39, 0.29) is 0 Å². The van der Waals surface area contributed by atoms with Gasteiger partial charge in [0.2, 0.25) is 0 Å². The van der Waals surface area contributed by atoms with E-state index in [1.165, 1.54) is 22.4 Å². The van der Waals surface area contributed by atoms with Crippen LogP contribution in [0.25, 0.3) is 0 Å². The predicted octanol–water partition coefficient (Wildman–Crippen LogP) is 3.80. The lowest BCUT2D eigenvalue weighted by molar-refractivity contribution is 0.143. The first-order valence-corrected chi connectivity index (χ1v) is 8.21. The van der Waals surface area contributed by atoms with Crippen LogP contribution in [0.3, 0.4) is 0 Å². The molecule has 0 aliphatic carbocycles. The third kappa shape index (κ3) is 7.61. The Bertz CT molecular complexity index is 355. The monoisotopic (exact) mass is 281 g/mol. The van der Waals surface area contributed by atoms with Gasteiger partial charge in [0.1, 0.15) is 0 Å². The zero-order valence-electron chi connectivity index (χ0n) is 12.5. The minimum absolute atomic E-state index is 0.833. The van der Waals surface area contributed by atoms with Gasteiger partial charge in [-0.2, -0.15) is 0 Å². The number of hydrogen-bond acceptors (Lipinski definition) is 3. The van der Waals surface area contributed by atoms with Crippen molar-refractivity contribution in [1.82, 2.24) is 5.32 Å². The first-order chi connectivity index (χ1) is 9.24. The van der Waals surface area contributed by atoms with Crippen molar-refractivity contribution in [2.75, 3.05) is 32.1 Å². The normalized spacial score (nSPS) is 10.9. The molecule has 0 aliphatic rings. The van der Waals surface area contributed by atoms with Crippen LogP contribution in [0, 0.1) is 13.8 Å². The maximum Gasteiger partial charge on any atom is 0.0466 e. The summed E-state index contributed by atoms with van der Waals surface area (Å²) in [6.07, 6.45) is 2.36. The summed E-state index contributed by atoms with van der Waals surface area (Å²) in [7, 11) is 0. The van der Waals surface area contributed by atoms with E-state index in [2.05, 4.69) is 37.4 Å². The summed E-state index contributed by atoms with van der Waals surface area (Å²) in [5.74, 6) is 1.13. The standard InChI is InChI=1S/C16H27NOS/c1-4-18-11-6-5-9-17-10-12-19-16-8-7-14(2)15(3)13-16/h7-8,13,17H,4-6,9-12H2,1-3H3. The molecule has 0 aliphatic heterocycles. The molecule has 1 N–H and O–H groups in total. The summed E-state index contributed by atoms with van der Waals surface area (Å²) in [6.45, 7) is 10.3. The van der Waals surface area contributed by atoms with Crippen LogP contribution in [0.5, 0.6) is 0 Å². The number of aryl methyl sites for hydroxylation is 2. The second kappa shape index (κ2) is 10.3. The summed E-state index contributed by atoms with van der Waals surface area (Å²) in [4.78, 5) is 1.38. The van der Waals surface area contributed by atoms with Crippen molar-refractivity contribution in [3.63, 3.8) is 0 Å². The van der Waals surface area contributed by atoms with Crippen LogP contribution in [0.2, 0.25) is 0 Å².